The predicted molar refractivity (Wildman–Crippen MR) is 90.9 cm³/mol. The summed E-state index contributed by atoms with van der Waals surface area (Å²) in [6.07, 6.45) is -2.43. The molecule has 0 saturated carbocycles. The van der Waals surface area contributed by atoms with Gasteiger partial charge in [0.15, 0.2) is 0 Å². The maximum atomic E-state index is 12.8. The van der Waals surface area contributed by atoms with E-state index in [9.17, 15) is 32.9 Å². The Hall–Kier alpha value is -3.44. The SMILES string of the molecule is CN(C)C(=O)CN(CC(F)(F)F)C(=O)c1cnn(-c2ccc([N+](=O)[O-])cc2)c1. The fourth-order valence-corrected chi connectivity index (χ4v) is 2.20. The van der Waals surface area contributed by atoms with Crippen LogP contribution in [0, 0.1) is 10.1 Å². The van der Waals surface area contributed by atoms with E-state index < -0.39 is 36.0 Å². The lowest BCUT2D eigenvalue weighted by atomic mass is 10.2. The number of carbonyl (C=O) groups excluding carboxylic acids is 2. The van der Waals surface area contributed by atoms with E-state index in [4.69, 9.17) is 0 Å². The number of halogens is 3. The van der Waals surface area contributed by atoms with Gasteiger partial charge in [0, 0.05) is 32.4 Å². The Bertz CT molecular complexity index is 877. The number of aromatic nitrogens is 2. The van der Waals surface area contributed by atoms with E-state index in [1.54, 1.807) is 0 Å². The minimum atomic E-state index is -4.68. The van der Waals surface area contributed by atoms with Gasteiger partial charge in [-0.3, -0.25) is 19.7 Å². The van der Waals surface area contributed by atoms with E-state index in [1.165, 1.54) is 49.2 Å². The molecule has 0 unspecified atom stereocenters. The molecule has 0 aliphatic carbocycles. The molecule has 2 amide bonds. The number of alkyl halides is 3. The fourth-order valence-electron chi connectivity index (χ4n) is 2.20. The monoisotopic (exact) mass is 399 g/mol. The van der Waals surface area contributed by atoms with Crippen molar-refractivity contribution in [3.63, 3.8) is 0 Å². The molecule has 0 aliphatic rings. The molecule has 1 aromatic heterocycles. The summed E-state index contributed by atoms with van der Waals surface area (Å²) >= 11 is 0. The van der Waals surface area contributed by atoms with Crippen LogP contribution in [0.15, 0.2) is 36.7 Å². The van der Waals surface area contributed by atoms with Crippen LogP contribution < -0.4 is 0 Å². The van der Waals surface area contributed by atoms with Crippen molar-refractivity contribution in [2.45, 2.75) is 6.18 Å². The number of nitro groups is 1. The van der Waals surface area contributed by atoms with E-state index >= 15 is 0 Å². The van der Waals surface area contributed by atoms with Crippen molar-refractivity contribution in [1.82, 2.24) is 19.6 Å². The number of nitrogens with zero attached hydrogens (tertiary/aromatic N) is 5. The molecule has 2 aromatic rings. The number of amides is 2. The van der Waals surface area contributed by atoms with Crippen molar-refractivity contribution < 1.29 is 27.7 Å². The minimum absolute atomic E-state index is 0.147. The Morgan fingerprint density at radius 3 is 2.32 bits per heavy atom. The molecule has 150 valence electrons. The normalized spacial score (nSPS) is 11.2. The quantitative estimate of drug-likeness (QED) is 0.545. The van der Waals surface area contributed by atoms with Crippen LogP contribution in [0.5, 0.6) is 0 Å². The van der Waals surface area contributed by atoms with Gasteiger partial charge in [-0.25, -0.2) is 4.68 Å². The molecule has 0 aliphatic heterocycles. The van der Waals surface area contributed by atoms with Crippen molar-refractivity contribution in [3.05, 3.63) is 52.3 Å². The molecule has 0 atom stereocenters. The third kappa shape index (κ3) is 5.28. The summed E-state index contributed by atoms with van der Waals surface area (Å²) in [5.41, 5.74) is 0.0660. The zero-order chi connectivity index (χ0) is 21.1. The highest BCUT2D eigenvalue weighted by molar-refractivity contribution is 5.96. The van der Waals surface area contributed by atoms with Gasteiger partial charge in [-0.1, -0.05) is 0 Å². The van der Waals surface area contributed by atoms with Gasteiger partial charge in [0.2, 0.25) is 5.91 Å². The van der Waals surface area contributed by atoms with Crippen molar-refractivity contribution in [2.75, 3.05) is 27.2 Å². The van der Waals surface area contributed by atoms with Gasteiger partial charge in [0.1, 0.15) is 13.1 Å². The lowest BCUT2D eigenvalue weighted by Gasteiger charge is -2.24. The molecule has 1 heterocycles. The molecule has 2 rings (SSSR count). The number of likely N-dealkylation sites (N-methyl/N-ethyl adjacent to an activating group) is 1. The molecule has 12 heteroatoms. The number of non-ortho nitro benzene ring substituents is 1. The average molecular weight is 399 g/mol. The molecule has 0 saturated heterocycles. The number of nitro benzene ring substituents is 1. The molecule has 0 bridgehead atoms. The number of rotatable bonds is 6. The number of hydrogen-bond donors (Lipinski definition) is 0. The largest absolute Gasteiger partial charge is 0.406 e. The van der Waals surface area contributed by atoms with Gasteiger partial charge in [0.05, 0.1) is 22.4 Å². The van der Waals surface area contributed by atoms with E-state index in [1.807, 2.05) is 0 Å². The summed E-state index contributed by atoms with van der Waals surface area (Å²) in [6, 6.07) is 5.21. The third-order valence-electron chi connectivity index (χ3n) is 3.64. The van der Waals surface area contributed by atoms with Gasteiger partial charge in [0.25, 0.3) is 11.6 Å². The second-order valence-electron chi connectivity index (χ2n) is 6.01. The number of hydrogen-bond acceptors (Lipinski definition) is 5. The van der Waals surface area contributed by atoms with Crippen molar-refractivity contribution >= 4 is 17.5 Å². The molecule has 0 spiro atoms. The maximum Gasteiger partial charge on any atom is 0.406 e. The summed E-state index contributed by atoms with van der Waals surface area (Å²) in [6.45, 7) is -2.33. The number of benzene rings is 1. The predicted octanol–water partition coefficient (Wildman–Crippen LogP) is 1.87. The minimum Gasteiger partial charge on any atom is -0.347 e. The summed E-state index contributed by atoms with van der Waals surface area (Å²) in [5.74, 6) is -1.68. The van der Waals surface area contributed by atoms with Crippen LogP contribution in [-0.4, -0.2) is 69.7 Å². The van der Waals surface area contributed by atoms with Crippen LogP contribution >= 0.6 is 0 Å². The van der Waals surface area contributed by atoms with Crippen LogP contribution in [0.3, 0.4) is 0 Å². The zero-order valence-electron chi connectivity index (χ0n) is 14.9. The Morgan fingerprint density at radius 1 is 1.21 bits per heavy atom. The Morgan fingerprint density at radius 2 is 1.82 bits per heavy atom. The van der Waals surface area contributed by atoms with E-state index in [0.717, 1.165) is 11.1 Å². The van der Waals surface area contributed by atoms with Crippen molar-refractivity contribution in [2.24, 2.45) is 0 Å². The molecule has 1 aromatic carbocycles. The first-order chi connectivity index (χ1) is 13.0. The average Bonchev–Trinajstić information content (AvgIpc) is 3.09. The second kappa shape index (κ2) is 8.06. The summed E-state index contributed by atoms with van der Waals surface area (Å²) in [7, 11) is 2.73. The van der Waals surface area contributed by atoms with Crippen molar-refractivity contribution in [1.29, 1.82) is 0 Å². The first kappa shape index (κ1) is 20.9. The van der Waals surface area contributed by atoms with Crippen LogP contribution in [0.4, 0.5) is 18.9 Å². The molecule has 0 fully saturated rings. The fraction of sp³-hybridized carbons (Fsp3) is 0.312. The van der Waals surface area contributed by atoms with Gasteiger partial charge >= 0.3 is 6.18 Å². The third-order valence-corrected chi connectivity index (χ3v) is 3.64. The zero-order valence-corrected chi connectivity index (χ0v) is 14.9. The Balaban J connectivity index is 2.25. The van der Waals surface area contributed by atoms with E-state index in [-0.39, 0.29) is 11.3 Å². The van der Waals surface area contributed by atoms with E-state index in [2.05, 4.69) is 5.10 Å². The molecule has 0 N–H and O–H groups in total. The maximum absolute atomic E-state index is 12.8. The molecule has 0 radical (unpaired) electrons. The topological polar surface area (TPSA) is 102 Å². The lowest BCUT2D eigenvalue weighted by molar-refractivity contribution is -0.384. The smallest absolute Gasteiger partial charge is 0.347 e. The Kier molecular flexibility index (Phi) is 6.01. The van der Waals surface area contributed by atoms with Gasteiger partial charge < -0.3 is 9.80 Å². The molecular formula is C16H16F3N5O4. The second-order valence-corrected chi connectivity index (χ2v) is 6.01. The molecule has 28 heavy (non-hydrogen) atoms. The highest BCUT2D eigenvalue weighted by atomic mass is 19.4. The van der Waals surface area contributed by atoms with Crippen LogP contribution in [0.2, 0.25) is 0 Å². The summed E-state index contributed by atoms with van der Waals surface area (Å²) in [4.78, 5) is 35.8. The first-order valence-electron chi connectivity index (χ1n) is 7.83. The standard InChI is InChI=1S/C16H16F3N5O4/c1-21(2)14(25)9-22(10-16(17,18)19)15(26)11-7-20-23(8-11)12-3-5-13(6-4-12)24(27)28/h3-8H,9-10H2,1-2H3. The summed E-state index contributed by atoms with van der Waals surface area (Å²) < 4.78 is 39.6. The summed E-state index contributed by atoms with van der Waals surface area (Å²) in [5, 5.41) is 14.6. The van der Waals surface area contributed by atoms with Crippen LogP contribution in [0.1, 0.15) is 10.4 Å². The van der Waals surface area contributed by atoms with Gasteiger partial charge in [-0.05, 0) is 12.1 Å². The van der Waals surface area contributed by atoms with Crippen LogP contribution in [-0.2, 0) is 4.79 Å². The van der Waals surface area contributed by atoms with E-state index in [0.29, 0.717) is 10.6 Å². The van der Waals surface area contributed by atoms with Gasteiger partial charge in [-0.15, -0.1) is 0 Å². The highest BCUT2D eigenvalue weighted by Gasteiger charge is 2.35. The highest BCUT2D eigenvalue weighted by Crippen LogP contribution is 2.19. The van der Waals surface area contributed by atoms with Gasteiger partial charge in [-0.2, -0.15) is 18.3 Å². The van der Waals surface area contributed by atoms with Crippen LogP contribution in [0.25, 0.3) is 5.69 Å². The first-order valence-corrected chi connectivity index (χ1v) is 7.83. The Labute approximate surface area is 157 Å². The lowest BCUT2D eigenvalue weighted by Crippen LogP contribution is -2.44. The molecule has 9 nitrogen and oxygen atoms in total. The van der Waals surface area contributed by atoms with Crippen molar-refractivity contribution in [3.8, 4) is 5.69 Å². The molecular weight excluding hydrogens is 383 g/mol. The number of carbonyl (C=O) groups is 2.